The van der Waals surface area contributed by atoms with Gasteiger partial charge in [-0.15, -0.1) is 0 Å². The molecule has 1 aliphatic heterocycles. The fourth-order valence-electron chi connectivity index (χ4n) is 4.04. The zero-order chi connectivity index (χ0) is 19.3. The Bertz CT molecular complexity index is 1230. The van der Waals surface area contributed by atoms with Crippen molar-refractivity contribution in [3.63, 3.8) is 0 Å². The number of rotatable bonds is 2. The SMILES string of the molecule is COc1nc2ccccc2cc1C1CC(=O)NCc2nc3ccc(C)cn3c21. The number of ether oxygens (including phenoxy) is 1. The average molecular weight is 372 g/mol. The molecule has 1 N–H and O–H groups in total. The van der Waals surface area contributed by atoms with Crippen LogP contribution in [0, 0.1) is 6.92 Å². The summed E-state index contributed by atoms with van der Waals surface area (Å²) in [6.45, 7) is 2.48. The quantitative estimate of drug-likeness (QED) is 0.586. The number of hydrogen-bond acceptors (Lipinski definition) is 4. The van der Waals surface area contributed by atoms with Gasteiger partial charge in [-0.2, -0.15) is 0 Å². The molecular formula is C22H20N4O2. The molecule has 0 saturated heterocycles. The highest BCUT2D eigenvalue weighted by molar-refractivity contribution is 5.82. The number of pyridine rings is 2. The van der Waals surface area contributed by atoms with Crippen molar-refractivity contribution in [3.8, 4) is 5.88 Å². The van der Waals surface area contributed by atoms with Gasteiger partial charge in [0, 0.05) is 29.5 Å². The topological polar surface area (TPSA) is 68.5 Å². The Morgan fingerprint density at radius 3 is 2.89 bits per heavy atom. The predicted octanol–water partition coefficient (Wildman–Crippen LogP) is 3.35. The summed E-state index contributed by atoms with van der Waals surface area (Å²) in [5.74, 6) is 0.355. The number of nitrogens with zero attached hydrogens (tertiary/aromatic N) is 3. The van der Waals surface area contributed by atoms with Crippen LogP contribution in [0.5, 0.6) is 5.88 Å². The first kappa shape index (κ1) is 16.7. The number of benzene rings is 1. The zero-order valence-electron chi connectivity index (χ0n) is 15.8. The van der Waals surface area contributed by atoms with Crippen molar-refractivity contribution in [1.29, 1.82) is 0 Å². The summed E-state index contributed by atoms with van der Waals surface area (Å²) in [4.78, 5) is 22.0. The first-order valence-electron chi connectivity index (χ1n) is 9.32. The highest BCUT2D eigenvalue weighted by Crippen LogP contribution is 2.38. The molecule has 6 nitrogen and oxygen atoms in total. The van der Waals surface area contributed by atoms with Crippen LogP contribution in [0.4, 0.5) is 0 Å². The van der Waals surface area contributed by atoms with Crippen molar-refractivity contribution in [2.24, 2.45) is 0 Å². The maximum Gasteiger partial charge on any atom is 0.221 e. The molecule has 0 spiro atoms. The van der Waals surface area contributed by atoms with E-state index in [0.717, 1.165) is 39.1 Å². The standard InChI is InChI=1S/C22H20N4O2/c1-13-7-8-19-24-18-11-23-20(27)10-15(21(18)26(19)12-13)16-9-14-5-3-4-6-17(14)25-22(16)28-2/h3-9,12,15H,10-11H2,1-2H3,(H,23,27). The molecule has 1 atom stereocenters. The molecule has 1 unspecified atom stereocenters. The van der Waals surface area contributed by atoms with Crippen LogP contribution >= 0.6 is 0 Å². The summed E-state index contributed by atoms with van der Waals surface area (Å²) < 4.78 is 7.74. The molecule has 0 fully saturated rings. The lowest BCUT2D eigenvalue weighted by Gasteiger charge is -2.19. The van der Waals surface area contributed by atoms with Crippen LogP contribution in [-0.4, -0.2) is 27.4 Å². The van der Waals surface area contributed by atoms with Crippen molar-refractivity contribution < 1.29 is 9.53 Å². The van der Waals surface area contributed by atoms with E-state index < -0.39 is 0 Å². The Morgan fingerprint density at radius 1 is 1.18 bits per heavy atom. The zero-order valence-corrected chi connectivity index (χ0v) is 15.8. The molecule has 5 rings (SSSR count). The molecule has 1 aliphatic rings. The molecule has 0 radical (unpaired) electrons. The second kappa shape index (κ2) is 6.34. The Labute approximate surface area is 162 Å². The molecular weight excluding hydrogens is 352 g/mol. The minimum absolute atomic E-state index is 0.000357. The maximum absolute atomic E-state index is 12.5. The van der Waals surface area contributed by atoms with Gasteiger partial charge in [0.05, 0.1) is 30.6 Å². The summed E-state index contributed by atoms with van der Waals surface area (Å²) in [5.41, 5.74) is 5.70. The summed E-state index contributed by atoms with van der Waals surface area (Å²) in [7, 11) is 1.62. The van der Waals surface area contributed by atoms with Crippen molar-refractivity contribution in [3.05, 3.63) is 71.2 Å². The number of hydrogen-bond donors (Lipinski definition) is 1. The van der Waals surface area contributed by atoms with Crippen LogP contribution in [0.15, 0.2) is 48.7 Å². The normalized spacial score (nSPS) is 16.6. The number of methoxy groups -OCH3 is 1. The lowest BCUT2D eigenvalue weighted by molar-refractivity contribution is -0.121. The summed E-state index contributed by atoms with van der Waals surface area (Å²) in [6, 6.07) is 14.1. The van der Waals surface area contributed by atoms with E-state index in [0.29, 0.717) is 18.8 Å². The fourth-order valence-corrected chi connectivity index (χ4v) is 4.04. The number of carbonyl (C=O) groups is 1. The van der Waals surface area contributed by atoms with Crippen LogP contribution in [0.25, 0.3) is 16.6 Å². The number of amides is 1. The van der Waals surface area contributed by atoms with Gasteiger partial charge < -0.3 is 14.5 Å². The van der Waals surface area contributed by atoms with E-state index >= 15 is 0 Å². The molecule has 6 heteroatoms. The molecule has 0 aliphatic carbocycles. The molecule has 140 valence electrons. The molecule has 28 heavy (non-hydrogen) atoms. The van der Waals surface area contributed by atoms with Crippen molar-refractivity contribution in [2.75, 3.05) is 7.11 Å². The summed E-state index contributed by atoms with van der Waals surface area (Å²) in [6.07, 6.45) is 2.40. The smallest absolute Gasteiger partial charge is 0.221 e. The van der Waals surface area contributed by atoms with Crippen LogP contribution < -0.4 is 10.1 Å². The average Bonchev–Trinajstić information content (AvgIpc) is 2.98. The third kappa shape index (κ3) is 2.60. The molecule has 1 amide bonds. The van der Waals surface area contributed by atoms with Gasteiger partial charge in [-0.05, 0) is 30.7 Å². The summed E-state index contributed by atoms with van der Waals surface area (Å²) >= 11 is 0. The van der Waals surface area contributed by atoms with Gasteiger partial charge in [-0.25, -0.2) is 9.97 Å². The van der Waals surface area contributed by atoms with E-state index in [2.05, 4.69) is 28.9 Å². The van der Waals surface area contributed by atoms with Crippen LogP contribution in [0.3, 0.4) is 0 Å². The van der Waals surface area contributed by atoms with Gasteiger partial charge in [-0.1, -0.05) is 24.3 Å². The van der Waals surface area contributed by atoms with Crippen LogP contribution in [-0.2, 0) is 11.3 Å². The minimum Gasteiger partial charge on any atom is -0.481 e. The van der Waals surface area contributed by atoms with E-state index in [4.69, 9.17) is 14.7 Å². The van der Waals surface area contributed by atoms with E-state index in [1.54, 1.807) is 7.11 Å². The number of fused-ring (bicyclic) bond motifs is 4. The number of imidazole rings is 1. The number of aromatic nitrogens is 3. The van der Waals surface area contributed by atoms with Crippen LogP contribution in [0.1, 0.15) is 34.9 Å². The summed E-state index contributed by atoms with van der Waals surface area (Å²) in [5, 5.41) is 4.00. The lowest BCUT2D eigenvalue weighted by atomic mass is 9.91. The van der Waals surface area contributed by atoms with E-state index in [1.807, 2.05) is 36.4 Å². The number of para-hydroxylation sites is 1. The van der Waals surface area contributed by atoms with Gasteiger partial charge in [0.1, 0.15) is 5.65 Å². The number of nitrogens with one attached hydrogen (secondary N) is 1. The molecule has 4 heterocycles. The number of aryl methyl sites for hydroxylation is 1. The lowest BCUT2D eigenvalue weighted by Crippen LogP contribution is -2.21. The van der Waals surface area contributed by atoms with E-state index in [9.17, 15) is 4.79 Å². The first-order valence-corrected chi connectivity index (χ1v) is 9.32. The highest BCUT2D eigenvalue weighted by Gasteiger charge is 2.31. The van der Waals surface area contributed by atoms with Crippen molar-refractivity contribution in [2.45, 2.75) is 25.8 Å². The Kier molecular flexibility index (Phi) is 3.79. The maximum atomic E-state index is 12.5. The molecule has 3 aromatic heterocycles. The third-order valence-corrected chi connectivity index (χ3v) is 5.34. The van der Waals surface area contributed by atoms with Crippen molar-refractivity contribution >= 4 is 22.5 Å². The minimum atomic E-state index is -0.193. The molecule has 0 saturated carbocycles. The van der Waals surface area contributed by atoms with Gasteiger partial charge in [-0.3, -0.25) is 4.79 Å². The largest absolute Gasteiger partial charge is 0.481 e. The van der Waals surface area contributed by atoms with Gasteiger partial charge in [0.2, 0.25) is 11.8 Å². The number of carbonyl (C=O) groups excluding carboxylic acids is 1. The third-order valence-electron chi connectivity index (χ3n) is 5.34. The second-order valence-electron chi connectivity index (χ2n) is 7.19. The van der Waals surface area contributed by atoms with Gasteiger partial charge in [0.25, 0.3) is 0 Å². The van der Waals surface area contributed by atoms with Crippen LogP contribution in [0.2, 0.25) is 0 Å². The van der Waals surface area contributed by atoms with E-state index in [-0.39, 0.29) is 11.8 Å². The van der Waals surface area contributed by atoms with Crippen molar-refractivity contribution in [1.82, 2.24) is 19.7 Å². The molecule has 4 aromatic rings. The Balaban J connectivity index is 1.80. The van der Waals surface area contributed by atoms with E-state index in [1.165, 1.54) is 0 Å². The Morgan fingerprint density at radius 2 is 2.04 bits per heavy atom. The highest BCUT2D eigenvalue weighted by atomic mass is 16.5. The predicted molar refractivity (Wildman–Crippen MR) is 107 cm³/mol. The second-order valence-corrected chi connectivity index (χ2v) is 7.19. The molecule has 0 bridgehead atoms. The monoisotopic (exact) mass is 372 g/mol. The Hall–Kier alpha value is -3.41. The van der Waals surface area contributed by atoms with Gasteiger partial charge >= 0.3 is 0 Å². The van der Waals surface area contributed by atoms with Gasteiger partial charge in [0.15, 0.2) is 0 Å². The first-order chi connectivity index (χ1) is 13.6. The molecule has 1 aromatic carbocycles. The fraction of sp³-hybridized carbons (Fsp3) is 0.227.